The fourth-order valence-electron chi connectivity index (χ4n) is 3.68. The number of aliphatic imine (C=N–C) groups is 1. The molecular formula is C17H34N4O. The van der Waals surface area contributed by atoms with Gasteiger partial charge in [0.1, 0.15) is 0 Å². The molecule has 0 aromatic rings. The number of hydrogen-bond acceptors (Lipinski definition) is 3. The van der Waals surface area contributed by atoms with Gasteiger partial charge in [0.25, 0.3) is 0 Å². The molecule has 2 rings (SSSR count). The van der Waals surface area contributed by atoms with Gasteiger partial charge in [0.2, 0.25) is 0 Å². The Labute approximate surface area is 136 Å². The van der Waals surface area contributed by atoms with E-state index in [0.717, 1.165) is 45.1 Å². The third kappa shape index (κ3) is 4.35. The molecule has 0 amide bonds. The molecule has 2 heterocycles. The Kier molecular flexibility index (Phi) is 6.96. The maximum absolute atomic E-state index is 5.62. The van der Waals surface area contributed by atoms with Crippen molar-refractivity contribution < 1.29 is 4.74 Å². The Morgan fingerprint density at radius 2 is 1.95 bits per heavy atom. The van der Waals surface area contributed by atoms with E-state index in [9.17, 15) is 0 Å². The largest absolute Gasteiger partial charge is 0.381 e. The summed E-state index contributed by atoms with van der Waals surface area (Å²) in [6.45, 7) is 8.55. The molecule has 2 aliphatic heterocycles. The third-order valence-electron chi connectivity index (χ3n) is 5.20. The van der Waals surface area contributed by atoms with Crippen LogP contribution < -0.4 is 5.32 Å². The maximum Gasteiger partial charge on any atom is 0.193 e. The van der Waals surface area contributed by atoms with Gasteiger partial charge in [-0.15, -0.1) is 0 Å². The van der Waals surface area contributed by atoms with Crippen LogP contribution in [0.4, 0.5) is 0 Å². The van der Waals surface area contributed by atoms with Gasteiger partial charge in [-0.1, -0.05) is 13.3 Å². The maximum atomic E-state index is 5.62. The van der Waals surface area contributed by atoms with Crippen LogP contribution in [0.5, 0.6) is 0 Å². The Balaban J connectivity index is 1.95. The highest BCUT2D eigenvalue weighted by Gasteiger charge is 2.39. The summed E-state index contributed by atoms with van der Waals surface area (Å²) in [6.07, 6.45) is 7.38. The molecule has 1 N–H and O–H groups in total. The highest BCUT2D eigenvalue weighted by atomic mass is 16.5. The van der Waals surface area contributed by atoms with Crippen molar-refractivity contribution in [3.05, 3.63) is 0 Å². The molecule has 0 bridgehead atoms. The molecule has 5 heteroatoms. The van der Waals surface area contributed by atoms with Crippen molar-refractivity contribution in [1.29, 1.82) is 0 Å². The quantitative estimate of drug-likeness (QED) is 0.601. The predicted molar refractivity (Wildman–Crippen MR) is 92.5 cm³/mol. The minimum Gasteiger partial charge on any atom is -0.381 e. The first-order chi connectivity index (χ1) is 10.7. The molecule has 0 spiro atoms. The normalized spacial score (nSPS) is 22.8. The van der Waals surface area contributed by atoms with Crippen LogP contribution in [0.2, 0.25) is 0 Å². The summed E-state index contributed by atoms with van der Waals surface area (Å²) in [5.41, 5.74) is 0.260. The Morgan fingerprint density at radius 3 is 2.55 bits per heavy atom. The van der Waals surface area contributed by atoms with E-state index in [1.54, 1.807) is 0 Å². The van der Waals surface area contributed by atoms with Crippen LogP contribution in [0, 0.1) is 0 Å². The summed E-state index contributed by atoms with van der Waals surface area (Å²) in [5.74, 6) is 1.03. The molecule has 2 aliphatic rings. The van der Waals surface area contributed by atoms with Crippen molar-refractivity contribution in [1.82, 2.24) is 15.1 Å². The smallest absolute Gasteiger partial charge is 0.193 e. The lowest BCUT2D eigenvalue weighted by molar-refractivity contribution is -0.0166. The van der Waals surface area contributed by atoms with Gasteiger partial charge in [0, 0.05) is 45.9 Å². The van der Waals surface area contributed by atoms with Crippen LogP contribution in [0.3, 0.4) is 0 Å². The molecule has 0 aromatic carbocycles. The van der Waals surface area contributed by atoms with Crippen LogP contribution >= 0.6 is 0 Å². The first kappa shape index (κ1) is 17.5. The van der Waals surface area contributed by atoms with E-state index in [1.165, 1.54) is 38.8 Å². The third-order valence-corrected chi connectivity index (χ3v) is 5.20. The Hall–Kier alpha value is -0.810. The van der Waals surface area contributed by atoms with Crippen LogP contribution in [-0.2, 0) is 4.74 Å². The highest BCUT2D eigenvalue weighted by molar-refractivity contribution is 5.79. The number of guanidine groups is 1. The fourth-order valence-corrected chi connectivity index (χ4v) is 3.68. The zero-order chi connectivity index (χ0) is 15.8. The van der Waals surface area contributed by atoms with E-state index in [0.29, 0.717) is 0 Å². The fraction of sp³-hybridized carbons (Fsp3) is 0.941. The van der Waals surface area contributed by atoms with Crippen LogP contribution in [0.1, 0.15) is 45.4 Å². The number of nitrogens with one attached hydrogen (secondary N) is 1. The first-order valence-corrected chi connectivity index (χ1v) is 8.96. The topological polar surface area (TPSA) is 40.1 Å². The van der Waals surface area contributed by atoms with E-state index in [2.05, 4.69) is 34.1 Å². The van der Waals surface area contributed by atoms with E-state index in [-0.39, 0.29) is 5.54 Å². The summed E-state index contributed by atoms with van der Waals surface area (Å²) >= 11 is 0. The monoisotopic (exact) mass is 310 g/mol. The first-order valence-electron chi connectivity index (χ1n) is 8.96. The predicted octanol–water partition coefficient (Wildman–Crippen LogP) is 1.94. The van der Waals surface area contributed by atoms with Gasteiger partial charge in [0.15, 0.2) is 5.96 Å². The average Bonchev–Trinajstić information content (AvgIpc) is 3.09. The van der Waals surface area contributed by atoms with Gasteiger partial charge < -0.3 is 15.0 Å². The summed E-state index contributed by atoms with van der Waals surface area (Å²) in [6, 6.07) is 0. The van der Waals surface area contributed by atoms with Crippen molar-refractivity contribution in [3.8, 4) is 0 Å². The standard InChI is InChI=1S/C17H34N4O/c1-4-5-10-20(3)16(18-2)19-15-17(8-13-22-14-9-17)21-11-6-7-12-21/h4-15H2,1-3H3,(H,18,19). The van der Waals surface area contributed by atoms with Crippen molar-refractivity contribution in [2.75, 3.05) is 53.5 Å². The van der Waals surface area contributed by atoms with Crippen molar-refractivity contribution >= 4 is 5.96 Å². The molecule has 0 aromatic heterocycles. The number of likely N-dealkylation sites (tertiary alicyclic amines) is 1. The lowest BCUT2D eigenvalue weighted by Gasteiger charge is -2.45. The molecule has 0 aliphatic carbocycles. The molecule has 22 heavy (non-hydrogen) atoms. The SMILES string of the molecule is CCCCN(C)C(=NC)NCC1(N2CCCC2)CCOCC1. The molecule has 2 fully saturated rings. The molecule has 0 radical (unpaired) electrons. The summed E-state index contributed by atoms with van der Waals surface area (Å²) in [5, 5.41) is 3.64. The zero-order valence-corrected chi connectivity index (χ0v) is 14.7. The number of rotatable bonds is 6. The van der Waals surface area contributed by atoms with E-state index >= 15 is 0 Å². The van der Waals surface area contributed by atoms with Crippen molar-refractivity contribution in [2.24, 2.45) is 4.99 Å². The average molecular weight is 310 g/mol. The van der Waals surface area contributed by atoms with Crippen molar-refractivity contribution in [3.63, 3.8) is 0 Å². The molecule has 0 saturated carbocycles. The van der Waals surface area contributed by atoms with E-state index in [1.807, 2.05) is 7.05 Å². The van der Waals surface area contributed by atoms with Crippen LogP contribution in [0.15, 0.2) is 4.99 Å². The minimum absolute atomic E-state index is 0.260. The minimum atomic E-state index is 0.260. The summed E-state index contributed by atoms with van der Waals surface area (Å²) in [7, 11) is 4.02. The van der Waals surface area contributed by atoms with E-state index in [4.69, 9.17) is 4.74 Å². The molecule has 2 saturated heterocycles. The lowest BCUT2D eigenvalue weighted by atomic mass is 9.88. The van der Waals surface area contributed by atoms with Crippen LogP contribution in [-0.4, -0.2) is 74.8 Å². The van der Waals surface area contributed by atoms with Gasteiger partial charge in [-0.3, -0.25) is 9.89 Å². The molecule has 128 valence electrons. The summed E-state index contributed by atoms with van der Waals surface area (Å²) < 4.78 is 5.62. The van der Waals surface area contributed by atoms with Gasteiger partial charge in [-0.25, -0.2) is 0 Å². The highest BCUT2D eigenvalue weighted by Crippen LogP contribution is 2.30. The number of nitrogens with zero attached hydrogens (tertiary/aromatic N) is 3. The lowest BCUT2D eigenvalue weighted by Crippen LogP contribution is -2.58. The number of hydrogen-bond donors (Lipinski definition) is 1. The molecular weight excluding hydrogens is 276 g/mol. The number of unbranched alkanes of at least 4 members (excludes halogenated alkanes) is 1. The molecule has 0 unspecified atom stereocenters. The Morgan fingerprint density at radius 1 is 1.27 bits per heavy atom. The number of ether oxygens (including phenoxy) is 1. The second-order valence-corrected chi connectivity index (χ2v) is 6.71. The summed E-state index contributed by atoms with van der Waals surface area (Å²) in [4.78, 5) is 9.41. The van der Waals surface area contributed by atoms with Crippen molar-refractivity contribution in [2.45, 2.75) is 51.0 Å². The second kappa shape index (κ2) is 8.73. The van der Waals surface area contributed by atoms with Gasteiger partial charge in [-0.05, 0) is 45.2 Å². The van der Waals surface area contributed by atoms with Crippen LogP contribution in [0.25, 0.3) is 0 Å². The zero-order valence-electron chi connectivity index (χ0n) is 14.7. The Bertz CT molecular complexity index is 347. The second-order valence-electron chi connectivity index (χ2n) is 6.71. The van der Waals surface area contributed by atoms with Gasteiger partial charge >= 0.3 is 0 Å². The van der Waals surface area contributed by atoms with E-state index < -0.39 is 0 Å². The molecule has 5 nitrogen and oxygen atoms in total. The van der Waals surface area contributed by atoms with Gasteiger partial charge in [-0.2, -0.15) is 0 Å². The molecule has 0 atom stereocenters. The van der Waals surface area contributed by atoms with Gasteiger partial charge in [0.05, 0.1) is 0 Å².